The van der Waals surface area contributed by atoms with E-state index >= 15 is 0 Å². The van der Waals surface area contributed by atoms with Gasteiger partial charge in [-0.2, -0.15) is 0 Å². The first-order valence-corrected chi connectivity index (χ1v) is 10.9. The van der Waals surface area contributed by atoms with Crippen LogP contribution in [-0.4, -0.2) is 27.5 Å². The van der Waals surface area contributed by atoms with E-state index < -0.39 is 21.9 Å². The number of ether oxygens (including phenoxy) is 1. The van der Waals surface area contributed by atoms with E-state index in [-0.39, 0.29) is 10.8 Å². The fraction of sp³-hybridized carbons (Fsp3) is 0.136. The van der Waals surface area contributed by atoms with E-state index in [1.807, 2.05) is 6.07 Å². The highest BCUT2D eigenvalue weighted by atomic mass is 32.2. The van der Waals surface area contributed by atoms with Gasteiger partial charge in [-0.15, -0.1) is 0 Å². The van der Waals surface area contributed by atoms with Crippen molar-refractivity contribution >= 4 is 33.0 Å². The SMILES string of the molecule is COc1ccccc1NC(=O)C(C)Nc1ccc(NS(=O)(=O)c2ccc(F)cc2)cc1. The summed E-state index contributed by atoms with van der Waals surface area (Å²) in [5.41, 5.74) is 1.53. The summed E-state index contributed by atoms with van der Waals surface area (Å²) in [5.74, 6) is -0.218. The number of halogens is 1. The minimum atomic E-state index is -3.83. The third-order valence-corrected chi connectivity index (χ3v) is 5.80. The molecular weight excluding hydrogens is 421 g/mol. The molecule has 1 amide bonds. The van der Waals surface area contributed by atoms with Crippen LogP contribution in [0.5, 0.6) is 5.75 Å². The molecule has 3 aromatic carbocycles. The largest absolute Gasteiger partial charge is 0.495 e. The summed E-state index contributed by atoms with van der Waals surface area (Å²) in [5, 5.41) is 5.86. The summed E-state index contributed by atoms with van der Waals surface area (Å²) in [4.78, 5) is 12.4. The van der Waals surface area contributed by atoms with Crippen LogP contribution in [0.4, 0.5) is 21.5 Å². The fourth-order valence-electron chi connectivity index (χ4n) is 2.77. The Labute approximate surface area is 180 Å². The molecule has 31 heavy (non-hydrogen) atoms. The average Bonchev–Trinajstić information content (AvgIpc) is 2.75. The number of amides is 1. The van der Waals surface area contributed by atoms with Gasteiger partial charge in [0.2, 0.25) is 5.91 Å². The number of anilines is 3. The predicted molar refractivity (Wildman–Crippen MR) is 118 cm³/mol. The van der Waals surface area contributed by atoms with Crippen molar-refractivity contribution in [3.05, 3.63) is 78.6 Å². The summed E-state index contributed by atoms with van der Waals surface area (Å²) in [6.45, 7) is 1.70. The van der Waals surface area contributed by atoms with Crippen molar-refractivity contribution in [3.8, 4) is 5.75 Å². The monoisotopic (exact) mass is 443 g/mol. The molecule has 7 nitrogen and oxygen atoms in total. The third kappa shape index (κ3) is 5.73. The van der Waals surface area contributed by atoms with Gasteiger partial charge in [-0.25, -0.2) is 12.8 Å². The molecule has 0 fully saturated rings. The lowest BCUT2D eigenvalue weighted by Crippen LogP contribution is -2.32. The van der Waals surface area contributed by atoms with Crippen molar-refractivity contribution in [2.24, 2.45) is 0 Å². The minimum absolute atomic E-state index is 0.0438. The zero-order valence-electron chi connectivity index (χ0n) is 16.9. The number of methoxy groups -OCH3 is 1. The Bertz CT molecular complexity index is 1150. The van der Waals surface area contributed by atoms with Crippen molar-refractivity contribution in [2.45, 2.75) is 17.9 Å². The molecule has 1 unspecified atom stereocenters. The number of hydrogen-bond donors (Lipinski definition) is 3. The number of nitrogens with one attached hydrogen (secondary N) is 3. The smallest absolute Gasteiger partial charge is 0.261 e. The topological polar surface area (TPSA) is 96.5 Å². The fourth-order valence-corrected chi connectivity index (χ4v) is 3.83. The van der Waals surface area contributed by atoms with E-state index in [1.165, 1.54) is 19.2 Å². The molecule has 0 spiro atoms. The highest BCUT2D eigenvalue weighted by Gasteiger charge is 2.16. The summed E-state index contributed by atoms with van der Waals surface area (Å²) in [6, 6.07) is 17.5. The van der Waals surface area contributed by atoms with Crippen molar-refractivity contribution in [1.82, 2.24) is 0 Å². The molecule has 1 atom stereocenters. The van der Waals surface area contributed by atoms with Gasteiger partial charge in [0.05, 0.1) is 17.7 Å². The van der Waals surface area contributed by atoms with E-state index in [0.717, 1.165) is 12.1 Å². The van der Waals surface area contributed by atoms with Crippen LogP contribution in [0.2, 0.25) is 0 Å². The first kappa shape index (κ1) is 22.1. The predicted octanol–water partition coefficient (Wildman–Crippen LogP) is 4.07. The van der Waals surface area contributed by atoms with Gasteiger partial charge in [0.15, 0.2) is 0 Å². The molecule has 0 aliphatic heterocycles. The van der Waals surface area contributed by atoms with Crippen LogP contribution in [0.15, 0.2) is 77.7 Å². The van der Waals surface area contributed by atoms with Gasteiger partial charge in [0.25, 0.3) is 10.0 Å². The second-order valence-corrected chi connectivity index (χ2v) is 8.37. The number of para-hydroxylation sites is 2. The number of sulfonamides is 1. The molecule has 0 bridgehead atoms. The van der Waals surface area contributed by atoms with Gasteiger partial charge in [-0.1, -0.05) is 12.1 Å². The second kappa shape index (κ2) is 9.48. The van der Waals surface area contributed by atoms with Gasteiger partial charge in [0.1, 0.15) is 17.6 Å². The molecular formula is C22H22FN3O4S. The van der Waals surface area contributed by atoms with E-state index in [4.69, 9.17) is 4.74 Å². The summed E-state index contributed by atoms with van der Waals surface area (Å²) in [6.07, 6.45) is 0. The molecule has 3 N–H and O–H groups in total. The van der Waals surface area contributed by atoms with Crippen molar-refractivity contribution in [1.29, 1.82) is 0 Å². The highest BCUT2D eigenvalue weighted by molar-refractivity contribution is 7.92. The molecule has 0 saturated carbocycles. The van der Waals surface area contributed by atoms with Crippen LogP contribution in [0.1, 0.15) is 6.92 Å². The van der Waals surface area contributed by atoms with E-state index in [2.05, 4.69) is 15.4 Å². The Balaban J connectivity index is 1.62. The Hall–Kier alpha value is -3.59. The first-order valence-electron chi connectivity index (χ1n) is 9.37. The Kier molecular flexibility index (Phi) is 6.76. The van der Waals surface area contributed by atoms with Crippen LogP contribution < -0.4 is 20.1 Å². The van der Waals surface area contributed by atoms with Gasteiger partial charge in [-0.05, 0) is 67.6 Å². The standard InChI is InChI=1S/C22H22FN3O4S/c1-15(22(27)25-20-5-3-4-6-21(20)30-2)24-17-9-11-18(12-10-17)26-31(28,29)19-13-7-16(23)8-14-19/h3-15,24,26H,1-2H3,(H,25,27). The number of benzene rings is 3. The summed E-state index contributed by atoms with van der Waals surface area (Å²) in [7, 11) is -2.31. The molecule has 9 heteroatoms. The maximum Gasteiger partial charge on any atom is 0.261 e. The Morgan fingerprint density at radius 3 is 2.19 bits per heavy atom. The van der Waals surface area contributed by atoms with Crippen molar-refractivity contribution < 1.29 is 22.3 Å². The molecule has 0 heterocycles. The summed E-state index contributed by atoms with van der Waals surface area (Å²) < 4.78 is 45.4. The normalized spacial score (nSPS) is 12.0. The molecule has 3 rings (SSSR count). The molecule has 0 aromatic heterocycles. The van der Waals surface area contributed by atoms with Crippen LogP contribution in [0, 0.1) is 5.82 Å². The van der Waals surface area contributed by atoms with E-state index in [9.17, 15) is 17.6 Å². The molecule has 162 valence electrons. The van der Waals surface area contributed by atoms with Crippen LogP contribution in [-0.2, 0) is 14.8 Å². The zero-order valence-corrected chi connectivity index (χ0v) is 17.7. The van der Waals surface area contributed by atoms with Gasteiger partial charge < -0.3 is 15.4 Å². The number of carbonyl (C=O) groups excluding carboxylic acids is 1. The first-order chi connectivity index (χ1) is 14.8. The molecule has 0 radical (unpaired) electrons. The van der Waals surface area contributed by atoms with Crippen molar-refractivity contribution in [3.63, 3.8) is 0 Å². The Morgan fingerprint density at radius 2 is 1.55 bits per heavy atom. The molecule has 0 aliphatic rings. The van der Waals surface area contributed by atoms with E-state index in [0.29, 0.717) is 22.8 Å². The van der Waals surface area contributed by atoms with Crippen molar-refractivity contribution in [2.75, 3.05) is 22.5 Å². The zero-order chi connectivity index (χ0) is 22.4. The Morgan fingerprint density at radius 1 is 0.935 bits per heavy atom. The number of carbonyl (C=O) groups is 1. The highest BCUT2D eigenvalue weighted by Crippen LogP contribution is 2.24. The van der Waals surface area contributed by atoms with E-state index in [1.54, 1.807) is 49.4 Å². The quantitative estimate of drug-likeness (QED) is 0.488. The van der Waals surface area contributed by atoms with Crippen LogP contribution in [0.3, 0.4) is 0 Å². The second-order valence-electron chi connectivity index (χ2n) is 6.69. The maximum atomic E-state index is 13.0. The maximum absolute atomic E-state index is 13.0. The van der Waals surface area contributed by atoms with Gasteiger partial charge in [-0.3, -0.25) is 9.52 Å². The molecule has 3 aromatic rings. The lowest BCUT2D eigenvalue weighted by atomic mass is 10.2. The van der Waals surface area contributed by atoms with Crippen LogP contribution >= 0.6 is 0 Å². The average molecular weight is 444 g/mol. The lowest BCUT2D eigenvalue weighted by molar-refractivity contribution is -0.116. The van der Waals surface area contributed by atoms with Crippen LogP contribution in [0.25, 0.3) is 0 Å². The lowest BCUT2D eigenvalue weighted by Gasteiger charge is -2.17. The third-order valence-electron chi connectivity index (χ3n) is 4.40. The molecule has 0 saturated heterocycles. The number of hydrogen-bond acceptors (Lipinski definition) is 5. The van der Waals surface area contributed by atoms with Gasteiger partial charge >= 0.3 is 0 Å². The minimum Gasteiger partial charge on any atom is -0.495 e. The van der Waals surface area contributed by atoms with Gasteiger partial charge in [0, 0.05) is 11.4 Å². The number of rotatable bonds is 8. The summed E-state index contributed by atoms with van der Waals surface area (Å²) >= 11 is 0. The molecule has 0 aliphatic carbocycles.